The smallest absolute Gasteiger partial charge is 0.0231 e. The van der Waals surface area contributed by atoms with E-state index in [-0.39, 0.29) is 5.41 Å². The molecule has 0 fully saturated rings. The van der Waals surface area contributed by atoms with Gasteiger partial charge in [-0.2, -0.15) is 0 Å². The number of rotatable bonds is 3. The van der Waals surface area contributed by atoms with Gasteiger partial charge in [-0.15, -0.1) is 11.6 Å². The van der Waals surface area contributed by atoms with Crippen molar-refractivity contribution < 1.29 is 0 Å². The molecule has 0 N–H and O–H groups in total. The molecule has 0 saturated carbocycles. The Morgan fingerprint density at radius 1 is 1.23 bits per heavy atom. The summed E-state index contributed by atoms with van der Waals surface area (Å²) in [6.45, 7) is 4.44. The Balaban J connectivity index is 2.87. The summed E-state index contributed by atoms with van der Waals surface area (Å²) in [6, 6.07) is 8.45. The summed E-state index contributed by atoms with van der Waals surface area (Å²) < 4.78 is 1.12. The summed E-state index contributed by atoms with van der Waals surface area (Å²) in [6.07, 6.45) is 1.01. The molecule has 0 aliphatic rings. The molecule has 0 bridgehead atoms. The van der Waals surface area contributed by atoms with Crippen LogP contribution in [0, 0.1) is 0 Å². The lowest BCUT2D eigenvalue weighted by molar-refractivity contribution is 0.509. The largest absolute Gasteiger partial charge is 0.127 e. The van der Waals surface area contributed by atoms with Gasteiger partial charge in [0.25, 0.3) is 0 Å². The molecule has 2 heteroatoms. The zero-order valence-corrected chi connectivity index (χ0v) is 10.3. The maximum absolute atomic E-state index is 5.76. The van der Waals surface area contributed by atoms with Crippen LogP contribution in [0.3, 0.4) is 0 Å². The van der Waals surface area contributed by atoms with Gasteiger partial charge in [0.15, 0.2) is 0 Å². The lowest BCUT2D eigenvalue weighted by Crippen LogP contribution is -2.17. The Hall–Kier alpha value is -0.0100. The van der Waals surface area contributed by atoms with E-state index >= 15 is 0 Å². The van der Waals surface area contributed by atoms with Crippen LogP contribution in [0.25, 0.3) is 0 Å². The molecule has 0 aliphatic carbocycles. The molecule has 13 heavy (non-hydrogen) atoms. The number of halogens is 2. The van der Waals surface area contributed by atoms with Crippen molar-refractivity contribution in [2.75, 3.05) is 5.88 Å². The van der Waals surface area contributed by atoms with Gasteiger partial charge in [-0.05, 0) is 29.5 Å². The predicted molar refractivity (Wildman–Crippen MR) is 62.5 cm³/mol. The Morgan fingerprint density at radius 3 is 2.23 bits per heavy atom. The van der Waals surface area contributed by atoms with E-state index in [2.05, 4.69) is 54.0 Å². The van der Waals surface area contributed by atoms with Crippen LogP contribution in [0.1, 0.15) is 25.8 Å². The minimum absolute atomic E-state index is 0.183. The van der Waals surface area contributed by atoms with Crippen LogP contribution in [0.15, 0.2) is 28.7 Å². The van der Waals surface area contributed by atoms with E-state index in [4.69, 9.17) is 11.6 Å². The molecule has 1 aromatic rings. The van der Waals surface area contributed by atoms with Crippen LogP contribution < -0.4 is 0 Å². The number of alkyl halides is 1. The molecule has 0 atom stereocenters. The fourth-order valence-corrected chi connectivity index (χ4v) is 2.02. The SMILES string of the molecule is CC(C)(CCCl)c1ccc(Br)cc1. The van der Waals surface area contributed by atoms with E-state index in [1.54, 1.807) is 0 Å². The molecule has 0 aliphatic heterocycles. The van der Waals surface area contributed by atoms with E-state index in [1.165, 1.54) is 5.56 Å². The van der Waals surface area contributed by atoms with E-state index in [9.17, 15) is 0 Å². The van der Waals surface area contributed by atoms with Crippen LogP contribution in [-0.2, 0) is 5.41 Å². The minimum atomic E-state index is 0.183. The van der Waals surface area contributed by atoms with Gasteiger partial charge in [0, 0.05) is 10.4 Å². The zero-order chi connectivity index (χ0) is 9.90. The fraction of sp³-hybridized carbons (Fsp3) is 0.455. The van der Waals surface area contributed by atoms with Crippen LogP contribution >= 0.6 is 27.5 Å². The monoisotopic (exact) mass is 260 g/mol. The second-order valence-corrected chi connectivity index (χ2v) is 5.12. The molecule has 0 amide bonds. The standard InChI is InChI=1S/C11H14BrCl/c1-11(2,7-8-13)9-3-5-10(12)6-4-9/h3-6H,7-8H2,1-2H3. The quantitative estimate of drug-likeness (QED) is 0.710. The average molecular weight is 262 g/mol. The van der Waals surface area contributed by atoms with Gasteiger partial charge in [-0.3, -0.25) is 0 Å². The van der Waals surface area contributed by atoms with Crippen molar-refractivity contribution in [3.8, 4) is 0 Å². The van der Waals surface area contributed by atoms with E-state index in [0.717, 1.165) is 10.9 Å². The lowest BCUT2D eigenvalue weighted by atomic mass is 9.82. The van der Waals surface area contributed by atoms with Crippen molar-refractivity contribution in [2.45, 2.75) is 25.7 Å². The first-order valence-corrected chi connectivity index (χ1v) is 5.71. The van der Waals surface area contributed by atoms with Gasteiger partial charge in [-0.25, -0.2) is 0 Å². The maximum Gasteiger partial charge on any atom is 0.0231 e. The van der Waals surface area contributed by atoms with Gasteiger partial charge in [0.2, 0.25) is 0 Å². The molecule has 0 spiro atoms. The third-order valence-electron chi connectivity index (χ3n) is 2.35. The van der Waals surface area contributed by atoms with Crippen molar-refractivity contribution in [3.63, 3.8) is 0 Å². The summed E-state index contributed by atoms with van der Waals surface area (Å²) in [4.78, 5) is 0. The first-order chi connectivity index (χ1) is 6.06. The minimum Gasteiger partial charge on any atom is -0.127 e. The molecule has 1 rings (SSSR count). The first kappa shape index (κ1) is 11.1. The van der Waals surface area contributed by atoms with Crippen molar-refractivity contribution in [1.29, 1.82) is 0 Å². The average Bonchev–Trinajstić information content (AvgIpc) is 2.05. The van der Waals surface area contributed by atoms with Gasteiger partial charge in [-0.1, -0.05) is 41.9 Å². The Kier molecular flexibility index (Phi) is 3.81. The van der Waals surface area contributed by atoms with Gasteiger partial charge in [0.05, 0.1) is 0 Å². The second kappa shape index (κ2) is 4.47. The Morgan fingerprint density at radius 2 is 1.77 bits per heavy atom. The lowest BCUT2D eigenvalue weighted by Gasteiger charge is -2.24. The third-order valence-corrected chi connectivity index (χ3v) is 3.06. The van der Waals surface area contributed by atoms with Crippen molar-refractivity contribution in [2.24, 2.45) is 0 Å². The normalized spacial score (nSPS) is 11.7. The van der Waals surface area contributed by atoms with Gasteiger partial charge < -0.3 is 0 Å². The molecular weight excluding hydrogens is 247 g/mol. The molecule has 0 unspecified atom stereocenters. The van der Waals surface area contributed by atoms with Gasteiger partial charge >= 0.3 is 0 Å². The molecule has 0 saturated heterocycles. The van der Waals surface area contributed by atoms with Crippen LogP contribution in [0.2, 0.25) is 0 Å². The summed E-state index contributed by atoms with van der Waals surface area (Å²) >= 11 is 9.18. The Labute approximate surface area is 93.4 Å². The predicted octanol–water partition coefficient (Wildman–Crippen LogP) is 4.36. The van der Waals surface area contributed by atoms with Crippen LogP contribution in [0.5, 0.6) is 0 Å². The fourth-order valence-electron chi connectivity index (χ4n) is 1.28. The highest BCUT2D eigenvalue weighted by Gasteiger charge is 2.19. The first-order valence-electron chi connectivity index (χ1n) is 4.38. The molecule has 1 aromatic carbocycles. The topological polar surface area (TPSA) is 0 Å². The van der Waals surface area contributed by atoms with Crippen molar-refractivity contribution in [1.82, 2.24) is 0 Å². The van der Waals surface area contributed by atoms with E-state index in [1.807, 2.05) is 0 Å². The molecule has 72 valence electrons. The molecule has 0 nitrogen and oxygen atoms in total. The summed E-state index contributed by atoms with van der Waals surface area (Å²) in [7, 11) is 0. The molecule has 0 heterocycles. The highest BCUT2D eigenvalue weighted by molar-refractivity contribution is 9.10. The zero-order valence-electron chi connectivity index (χ0n) is 7.98. The van der Waals surface area contributed by atoms with E-state index in [0.29, 0.717) is 5.88 Å². The summed E-state index contributed by atoms with van der Waals surface area (Å²) in [5.41, 5.74) is 1.53. The van der Waals surface area contributed by atoms with Crippen molar-refractivity contribution in [3.05, 3.63) is 34.3 Å². The highest BCUT2D eigenvalue weighted by Crippen LogP contribution is 2.28. The van der Waals surface area contributed by atoms with E-state index < -0.39 is 0 Å². The third kappa shape index (κ3) is 2.99. The highest BCUT2D eigenvalue weighted by atomic mass is 79.9. The maximum atomic E-state index is 5.76. The summed E-state index contributed by atoms with van der Waals surface area (Å²) in [5, 5.41) is 0. The van der Waals surface area contributed by atoms with Crippen LogP contribution in [-0.4, -0.2) is 5.88 Å². The molecule has 0 radical (unpaired) electrons. The second-order valence-electron chi connectivity index (χ2n) is 3.83. The van der Waals surface area contributed by atoms with Gasteiger partial charge in [0.1, 0.15) is 0 Å². The molecular formula is C11H14BrCl. The number of benzene rings is 1. The van der Waals surface area contributed by atoms with Crippen LogP contribution in [0.4, 0.5) is 0 Å². The number of hydrogen-bond acceptors (Lipinski definition) is 0. The number of hydrogen-bond donors (Lipinski definition) is 0. The summed E-state index contributed by atoms with van der Waals surface area (Å²) in [5.74, 6) is 0.711. The Bertz CT molecular complexity index is 264. The molecule has 0 aromatic heterocycles. The van der Waals surface area contributed by atoms with Crippen molar-refractivity contribution >= 4 is 27.5 Å².